The molecule has 1 amide bonds. The molecule has 0 bridgehead atoms. The monoisotopic (exact) mass is 1240 g/mol. The van der Waals surface area contributed by atoms with Crippen LogP contribution in [0, 0.1) is 0 Å². The molecule has 0 radical (unpaired) electrons. The number of hydrogen-bond acceptors (Lipinski definition) is 5. The maximum absolute atomic E-state index is 12.6. The van der Waals surface area contributed by atoms with E-state index in [9.17, 15) is 19.8 Å². The molecule has 2 unspecified atom stereocenters. The minimum Gasteiger partial charge on any atom is -0.466 e. The number of unbranched alkanes of at least 4 members (excludes halogenated alkanes) is 68. The second kappa shape index (κ2) is 78.3. The number of aliphatic hydroxyl groups excluding tert-OH is 2. The van der Waals surface area contributed by atoms with Crippen LogP contribution < -0.4 is 5.32 Å². The van der Waals surface area contributed by atoms with Gasteiger partial charge in [0.1, 0.15) is 0 Å². The van der Waals surface area contributed by atoms with E-state index in [-0.39, 0.29) is 18.5 Å². The molecule has 0 saturated carbocycles. The summed E-state index contributed by atoms with van der Waals surface area (Å²) in [7, 11) is 0. The quantitative estimate of drug-likeness (QED) is 0.0417. The summed E-state index contributed by atoms with van der Waals surface area (Å²) in [5, 5.41) is 23.5. The molecule has 2 atom stereocenters. The molecule has 0 heterocycles. The Hall–Kier alpha value is -1.14. The molecule has 0 aromatic rings. The largest absolute Gasteiger partial charge is 0.466 e. The number of esters is 1. The highest BCUT2D eigenvalue weighted by atomic mass is 16.5. The summed E-state index contributed by atoms with van der Waals surface area (Å²) in [4.78, 5) is 24.7. The third kappa shape index (κ3) is 73.9. The van der Waals surface area contributed by atoms with Gasteiger partial charge in [-0.1, -0.05) is 450 Å². The fourth-order valence-corrected chi connectivity index (χ4v) is 13.6. The second-order valence-electron chi connectivity index (χ2n) is 28.8. The van der Waals surface area contributed by atoms with Crippen LogP contribution in [-0.2, 0) is 14.3 Å². The van der Waals surface area contributed by atoms with Gasteiger partial charge in [0.05, 0.1) is 25.4 Å². The molecule has 0 spiro atoms. The summed E-state index contributed by atoms with van der Waals surface area (Å²) in [6.45, 7) is 5.02. The van der Waals surface area contributed by atoms with Gasteiger partial charge in [-0.15, -0.1) is 0 Å². The second-order valence-corrected chi connectivity index (χ2v) is 28.8. The predicted octanol–water partition coefficient (Wildman–Crippen LogP) is 27.3. The van der Waals surface area contributed by atoms with Gasteiger partial charge in [0, 0.05) is 12.8 Å². The molecule has 526 valence electrons. The Labute approximate surface area is 553 Å². The third-order valence-electron chi connectivity index (χ3n) is 19.9. The number of hydrogen-bond donors (Lipinski definition) is 3. The van der Waals surface area contributed by atoms with Gasteiger partial charge in [0.15, 0.2) is 0 Å². The molecular formula is C82H163NO5. The van der Waals surface area contributed by atoms with E-state index in [4.69, 9.17) is 4.74 Å². The summed E-state index contributed by atoms with van der Waals surface area (Å²) < 4.78 is 5.51. The van der Waals surface area contributed by atoms with Gasteiger partial charge >= 0.3 is 5.97 Å². The molecule has 0 fully saturated rings. The van der Waals surface area contributed by atoms with Gasteiger partial charge in [-0.25, -0.2) is 0 Å². The van der Waals surface area contributed by atoms with Crippen LogP contribution in [0.25, 0.3) is 0 Å². The van der Waals surface area contributed by atoms with E-state index in [0.29, 0.717) is 25.9 Å². The summed E-state index contributed by atoms with van der Waals surface area (Å²) in [6, 6.07) is -0.537. The van der Waals surface area contributed by atoms with Crippen molar-refractivity contribution in [1.29, 1.82) is 0 Å². The Bertz CT molecular complexity index is 1290. The minimum absolute atomic E-state index is 0.0232. The first-order chi connectivity index (χ1) is 43.5. The number of carbonyl (C=O) groups excluding carboxylic acids is 2. The molecule has 3 N–H and O–H groups in total. The van der Waals surface area contributed by atoms with Crippen LogP contribution in [0.15, 0.2) is 0 Å². The summed E-state index contributed by atoms with van der Waals surface area (Å²) in [5.41, 5.74) is 0. The summed E-state index contributed by atoms with van der Waals surface area (Å²) in [6.07, 6.45) is 97.9. The molecule has 6 heteroatoms. The van der Waals surface area contributed by atoms with Crippen molar-refractivity contribution in [1.82, 2.24) is 5.32 Å². The molecule has 88 heavy (non-hydrogen) atoms. The predicted molar refractivity (Wildman–Crippen MR) is 389 cm³/mol. The van der Waals surface area contributed by atoms with Gasteiger partial charge in [0.25, 0.3) is 0 Å². The van der Waals surface area contributed by atoms with E-state index < -0.39 is 12.1 Å². The lowest BCUT2D eigenvalue weighted by molar-refractivity contribution is -0.143. The summed E-state index contributed by atoms with van der Waals surface area (Å²) >= 11 is 0. The maximum atomic E-state index is 12.6. The van der Waals surface area contributed by atoms with Gasteiger partial charge < -0.3 is 20.3 Å². The van der Waals surface area contributed by atoms with Crippen LogP contribution in [0.1, 0.15) is 489 Å². The Morgan fingerprint density at radius 1 is 0.273 bits per heavy atom. The van der Waals surface area contributed by atoms with Crippen molar-refractivity contribution < 1.29 is 24.5 Å². The lowest BCUT2D eigenvalue weighted by atomic mass is 10.0. The molecule has 0 aliphatic heterocycles. The molecule has 0 aliphatic carbocycles. The standard InChI is InChI=1S/C82H163NO5/c1-3-5-7-9-11-13-15-17-19-20-21-22-38-41-44-47-50-54-58-62-66-70-74-80(85)79(78-84)83-81(86)75-71-67-63-59-55-51-48-45-42-39-36-34-32-30-28-26-24-23-25-27-29-31-33-35-37-40-43-46-49-53-57-61-65-69-73-77-88-82(87)76-72-68-64-60-56-52-18-16-14-12-10-8-6-4-2/h79-80,84-85H,3-78H2,1-2H3,(H,83,86). The molecule has 0 rings (SSSR count). The Balaban J connectivity index is 3.30. The van der Waals surface area contributed by atoms with E-state index in [1.165, 1.54) is 417 Å². The van der Waals surface area contributed by atoms with Crippen molar-refractivity contribution in [3.8, 4) is 0 Å². The van der Waals surface area contributed by atoms with Crippen molar-refractivity contribution in [3.63, 3.8) is 0 Å². The third-order valence-corrected chi connectivity index (χ3v) is 19.9. The molecule has 6 nitrogen and oxygen atoms in total. The highest BCUT2D eigenvalue weighted by molar-refractivity contribution is 5.76. The number of rotatable bonds is 79. The van der Waals surface area contributed by atoms with Crippen LogP contribution in [0.5, 0.6) is 0 Å². The lowest BCUT2D eigenvalue weighted by Gasteiger charge is -2.22. The van der Waals surface area contributed by atoms with Crippen LogP contribution in [-0.4, -0.2) is 47.4 Å². The smallest absolute Gasteiger partial charge is 0.305 e. The first-order valence-corrected chi connectivity index (χ1v) is 41.3. The molecule has 0 saturated heterocycles. The van der Waals surface area contributed by atoms with Crippen molar-refractivity contribution in [2.24, 2.45) is 0 Å². The van der Waals surface area contributed by atoms with Crippen molar-refractivity contribution in [2.75, 3.05) is 13.2 Å². The number of carbonyl (C=O) groups is 2. The van der Waals surface area contributed by atoms with Crippen LogP contribution in [0.4, 0.5) is 0 Å². The number of aliphatic hydroxyl groups is 2. The summed E-state index contributed by atoms with van der Waals surface area (Å²) in [5.74, 6) is 0.00322. The van der Waals surface area contributed by atoms with Gasteiger partial charge in [-0.05, 0) is 25.7 Å². The van der Waals surface area contributed by atoms with Crippen LogP contribution in [0.2, 0.25) is 0 Å². The van der Waals surface area contributed by atoms with Gasteiger partial charge in [-0.2, -0.15) is 0 Å². The minimum atomic E-state index is -0.661. The number of ether oxygens (including phenoxy) is 1. The number of nitrogens with one attached hydrogen (secondary N) is 1. The molecular weight excluding hydrogens is 1080 g/mol. The zero-order chi connectivity index (χ0) is 63.5. The van der Waals surface area contributed by atoms with E-state index in [1.54, 1.807) is 0 Å². The molecule has 0 aromatic heterocycles. The maximum Gasteiger partial charge on any atom is 0.305 e. The van der Waals surface area contributed by atoms with Gasteiger partial charge in [-0.3, -0.25) is 9.59 Å². The fourth-order valence-electron chi connectivity index (χ4n) is 13.6. The van der Waals surface area contributed by atoms with E-state index in [1.807, 2.05) is 0 Å². The molecule has 0 aliphatic rings. The fraction of sp³-hybridized carbons (Fsp3) is 0.976. The highest BCUT2D eigenvalue weighted by Crippen LogP contribution is 2.21. The van der Waals surface area contributed by atoms with Crippen molar-refractivity contribution >= 4 is 11.9 Å². The van der Waals surface area contributed by atoms with E-state index in [2.05, 4.69) is 19.2 Å². The Morgan fingerprint density at radius 2 is 0.466 bits per heavy atom. The van der Waals surface area contributed by atoms with Crippen molar-refractivity contribution in [2.45, 2.75) is 501 Å². The van der Waals surface area contributed by atoms with Crippen LogP contribution >= 0.6 is 0 Å². The SMILES string of the molecule is CCCCCCCCCCCCCCCCCCCCCCCCC(O)C(CO)NC(=O)CCCCCCCCCCCCCCCCCCCCCCCCCCCCCCCCCCCCCOC(=O)CCCCCCCCCCCCCCCC. The average Bonchev–Trinajstić information content (AvgIpc) is 3.58. The first kappa shape index (κ1) is 86.9. The lowest BCUT2D eigenvalue weighted by Crippen LogP contribution is -2.45. The zero-order valence-electron chi connectivity index (χ0n) is 60.5. The topological polar surface area (TPSA) is 95.9 Å². The normalized spacial score (nSPS) is 12.4. The van der Waals surface area contributed by atoms with E-state index in [0.717, 1.165) is 38.5 Å². The van der Waals surface area contributed by atoms with Crippen LogP contribution in [0.3, 0.4) is 0 Å². The Morgan fingerprint density at radius 3 is 0.693 bits per heavy atom. The van der Waals surface area contributed by atoms with E-state index >= 15 is 0 Å². The number of amides is 1. The highest BCUT2D eigenvalue weighted by Gasteiger charge is 2.20. The Kier molecular flexibility index (Phi) is 77.3. The van der Waals surface area contributed by atoms with Crippen molar-refractivity contribution in [3.05, 3.63) is 0 Å². The van der Waals surface area contributed by atoms with Gasteiger partial charge in [0.2, 0.25) is 5.91 Å². The average molecular weight is 1240 g/mol. The first-order valence-electron chi connectivity index (χ1n) is 41.3. The zero-order valence-corrected chi connectivity index (χ0v) is 60.5. The molecule has 0 aromatic carbocycles.